The summed E-state index contributed by atoms with van der Waals surface area (Å²) in [6.45, 7) is 4.32. The minimum atomic E-state index is -1.22. The maximum Gasteiger partial charge on any atom is 0.269 e. The SMILES string of the molecule is CCc1cccc2c1NC(=O)[C@]21[C@H]2C(=O)N(c3ccc([N+](=O)[O-])cc3C)C(=O)[C@@H]2[C@H]2CCCN21. The number of nitrogens with one attached hydrogen (secondary N) is 1. The number of para-hydroxylation sites is 1. The van der Waals surface area contributed by atoms with E-state index in [1.807, 2.05) is 25.1 Å². The molecule has 4 aliphatic rings. The number of anilines is 2. The van der Waals surface area contributed by atoms with Crippen molar-refractivity contribution < 1.29 is 19.3 Å². The second kappa shape index (κ2) is 6.96. The topological polar surface area (TPSA) is 113 Å². The summed E-state index contributed by atoms with van der Waals surface area (Å²) in [5.74, 6) is -2.45. The van der Waals surface area contributed by atoms with Gasteiger partial charge in [0.15, 0.2) is 0 Å². The van der Waals surface area contributed by atoms with Gasteiger partial charge in [-0.2, -0.15) is 0 Å². The van der Waals surface area contributed by atoms with E-state index in [2.05, 4.69) is 10.2 Å². The third-order valence-corrected chi connectivity index (χ3v) is 8.13. The first-order chi connectivity index (χ1) is 16.3. The molecule has 4 aliphatic heterocycles. The third kappa shape index (κ3) is 2.34. The average molecular weight is 460 g/mol. The quantitative estimate of drug-likeness (QED) is 0.428. The molecule has 4 heterocycles. The van der Waals surface area contributed by atoms with E-state index < -0.39 is 28.2 Å². The van der Waals surface area contributed by atoms with Gasteiger partial charge in [-0.25, -0.2) is 4.90 Å². The number of nitrogens with zero attached hydrogens (tertiary/aromatic N) is 3. The van der Waals surface area contributed by atoms with Crippen LogP contribution < -0.4 is 10.2 Å². The number of hydrogen-bond donors (Lipinski definition) is 1. The molecule has 1 spiro atoms. The summed E-state index contributed by atoms with van der Waals surface area (Å²) < 4.78 is 0. The van der Waals surface area contributed by atoms with Crippen molar-refractivity contribution in [2.24, 2.45) is 11.8 Å². The molecule has 2 aromatic rings. The highest BCUT2D eigenvalue weighted by atomic mass is 16.6. The number of fused-ring (bicyclic) bond motifs is 7. The van der Waals surface area contributed by atoms with Gasteiger partial charge < -0.3 is 5.32 Å². The summed E-state index contributed by atoms with van der Waals surface area (Å²) in [6, 6.07) is 9.72. The highest BCUT2D eigenvalue weighted by Crippen LogP contribution is 2.61. The Morgan fingerprint density at radius 2 is 1.97 bits per heavy atom. The number of aryl methyl sites for hydroxylation is 2. The number of imide groups is 1. The van der Waals surface area contributed by atoms with Crippen molar-refractivity contribution in [2.45, 2.75) is 44.7 Å². The van der Waals surface area contributed by atoms with E-state index in [0.717, 1.165) is 36.1 Å². The van der Waals surface area contributed by atoms with Crippen molar-refractivity contribution >= 4 is 34.8 Å². The lowest BCUT2D eigenvalue weighted by Gasteiger charge is -2.36. The van der Waals surface area contributed by atoms with Gasteiger partial charge in [0, 0.05) is 29.4 Å². The number of rotatable bonds is 3. The molecule has 0 aliphatic carbocycles. The highest BCUT2D eigenvalue weighted by molar-refractivity contribution is 6.26. The summed E-state index contributed by atoms with van der Waals surface area (Å²) in [7, 11) is 0. The zero-order valence-electron chi connectivity index (χ0n) is 18.9. The Morgan fingerprint density at radius 1 is 1.18 bits per heavy atom. The Balaban J connectivity index is 1.53. The van der Waals surface area contributed by atoms with E-state index >= 15 is 0 Å². The Kier molecular flexibility index (Phi) is 4.29. The monoisotopic (exact) mass is 460 g/mol. The highest BCUT2D eigenvalue weighted by Gasteiger charge is 2.74. The van der Waals surface area contributed by atoms with Crippen LogP contribution in [0.2, 0.25) is 0 Å². The minimum Gasteiger partial charge on any atom is -0.324 e. The molecule has 3 fully saturated rings. The van der Waals surface area contributed by atoms with Gasteiger partial charge in [0.05, 0.1) is 22.4 Å². The van der Waals surface area contributed by atoms with Crippen LogP contribution >= 0.6 is 0 Å². The van der Waals surface area contributed by atoms with E-state index in [4.69, 9.17) is 0 Å². The summed E-state index contributed by atoms with van der Waals surface area (Å²) in [4.78, 5) is 55.6. The van der Waals surface area contributed by atoms with Crippen LogP contribution in [0.1, 0.15) is 36.5 Å². The van der Waals surface area contributed by atoms with Gasteiger partial charge >= 0.3 is 0 Å². The van der Waals surface area contributed by atoms with Crippen molar-refractivity contribution in [1.29, 1.82) is 0 Å². The molecule has 0 saturated carbocycles. The number of carbonyl (C=O) groups is 3. The van der Waals surface area contributed by atoms with Crippen LogP contribution in [-0.2, 0) is 26.3 Å². The maximum absolute atomic E-state index is 14.0. The van der Waals surface area contributed by atoms with E-state index in [1.165, 1.54) is 23.1 Å². The number of non-ortho nitro benzene ring substituents is 1. The molecule has 0 unspecified atom stereocenters. The van der Waals surface area contributed by atoms with Gasteiger partial charge in [0.25, 0.3) is 5.69 Å². The summed E-state index contributed by atoms with van der Waals surface area (Å²) in [5.41, 5.74) is 2.03. The predicted molar refractivity (Wildman–Crippen MR) is 123 cm³/mol. The first-order valence-corrected chi connectivity index (χ1v) is 11.7. The van der Waals surface area contributed by atoms with Gasteiger partial charge in [0.2, 0.25) is 17.7 Å². The van der Waals surface area contributed by atoms with E-state index in [0.29, 0.717) is 17.8 Å². The number of nitro benzene ring substituents is 1. The first-order valence-electron chi connectivity index (χ1n) is 11.7. The van der Waals surface area contributed by atoms with Crippen molar-refractivity contribution in [2.75, 3.05) is 16.8 Å². The fourth-order valence-corrected chi connectivity index (χ4v) is 6.83. The van der Waals surface area contributed by atoms with Crippen molar-refractivity contribution in [1.82, 2.24) is 4.90 Å². The van der Waals surface area contributed by atoms with Gasteiger partial charge in [-0.1, -0.05) is 25.1 Å². The summed E-state index contributed by atoms with van der Waals surface area (Å²) >= 11 is 0. The minimum absolute atomic E-state index is 0.102. The molecule has 3 amide bonds. The lowest BCUT2D eigenvalue weighted by molar-refractivity contribution is -0.384. The summed E-state index contributed by atoms with van der Waals surface area (Å²) in [6.07, 6.45) is 2.33. The van der Waals surface area contributed by atoms with Crippen molar-refractivity contribution in [3.63, 3.8) is 0 Å². The zero-order chi connectivity index (χ0) is 23.9. The maximum atomic E-state index is 14.0. The van der Waals surface area contributed by atoms with E-state index in [-0.39, 0.29) is 23.5 Å². The predicted octanol–water partition coefficient (Wildman–Crippen LogP) is 2.90. The smallest absolute Gasteiger partial charge is 0.269 e. The average Bonchev–Trinajstić information content (AvgIpc) is 3.52. The largest absolute Gasteiger partial charge is 0.324 e. The Morgan fingerprint density at radius 3 is 2.68 bits per heavy atom. The second-order valence-corrected chi connectivity index (χ2v) is 9.56. The molecule has 0 radical (unpaired) electrons. The molecular formula is C25H24N4O5. The first kappa shape index (κ1) is 21.0. The van der Waals surface area contributed by atoms with Gasteiger partial charge in [0.1, 0.15) is 5.54 Å². The van der Waals surface area contributed by atoms with E-state index in [1.54, 1.807) is 6.92 Å². The Bertz CT molecular complexity index is 1310. The molecule has 3 saturated heterocycles. The molecule has 34 heavy (non-hydrogen) atoms. The van der Waals surface area contributed by atoms with Crippen LogP contribution in [0.15, 0.2) is 36.4 Å². The molecular weight excluding hydrogens is 436 g/mol. The van der Waals surface area contributed by atoms with Crippen molar-refractivity contribution in [3.05, 3.63) is 63.2 Å². The van der Waals surface area contributed by atoms with Crippen LogP contribution in [-0.4, -0.2) is 40.1 Å². The van der Waals surface area contributed by atoms with Crippen LogP contribution in [0.25, 0.3) is 0 Å². The lowest BCUT2D eigenvalue weighted by Crippen LogP contribution is -2.54. The molecule has 2 aromatic carbocycles. The summed E-state index contributed by atoms with van der Waals surface area (Å²) in [5, 5.41) is 14.2. The number of benzene rings is 2. The number of hydrogen-bond acceptors (Lipinski definition) is 6. The number of carbonyl (C=O) groups excluding carboxylic acids is 3. The number of amides is 3. The molecule has 0 aromatic heterocycles. The van der Waals surface area contributed by atoms with Crippen LogP contribution in [0, 0.1) is 28.9 Å². The molecule has 9 heteroatoms. The lowest BCUT2D eigenvalue weighted by atomic mass is 9.75. The molecule has 9 nitrogen and oxygen atoms in total. The van der Waals surface area contributed by atoms with Crippen LogP contribution in [0.3, 0.4) is 0 Å². The molecule has 6 rings (SSSR count). The van der Waals surface area contributed by atoms with Gasteiger partial charge in [-0.15, -0.1) is 0 Å². The Labute approximate surface area is 195 Å². The van der Waals surface area contributed by atoms with Gasteiger partial charge in [-0.3, -0.25) is 29.4 Å². The fraction of sp³-hybridized carbons (Fsp3) is 0.400. The molecule has 1 N–H and O–H groups in total. The normalized spacial score (nSPS) is 29.5. The van der Waals surface area contributed by atoms with Crippen LogP contribution in [0.4, 0.5) is 17.1 Å². The van der Waals surface area contributed by atoms with Crippen molar-refractivity contribution in [3.8, 4) is 0 Å². The second-order valence-electron chi connectivity index (χ2n) is 9.56. The van der Waals surface area contributed by atoms with E-state index in [9.17, 15) is 24.5 Å². The number of nitro groups is 1. The molecule has 0 bridgehead atoms. The Hall–Kier alpha value is -3.59. The van der Waals surface area contributed by atoms with Gasteiger partial charge in [-0.05, 0) is 49.9 Å². The molecule has 174 valence electrons. The standard InChI is InChI=1S/C25H24N4O5/c1-3-14-6-4-7-16-21(14)26-24(32)25(16)20-19(18-8-5-11-27(18)25)22(30)28(23(20)31)17-10-9-15(29(33)34)12-13(17)2/h4,6-7,9-10,12,18-20H,3,5,8,11H2,1-2H3,(H,26,32)/t18-,19-,20-,25-/m1/s1. The fourth-order valence-electron chi connectivity index (χ4n) is 6.83. The molecule has 4 atom stereocenters. The third-order valence-electron chi connectivity index (χ3n) is 8.13. The zero-order valence-corrected chi connectivity index (χ0v) is 18.9. The van der Waals surface area contributed by atoms with Crippen LogP contribution in [0.5, 0.6) is 0 Å².